The van der Waals surface area contributed by atoms with Gasteiger partial charge >= 0.3 is 0 Å². The van der Waals surface area contributed by atoms with Crippen LogP contribution in [-0.2, 0) is 4.79 Å². The first-order valence-corrected chi connectivity index (χ1v) is 8.21. The minimum absolute atomic E-state index is 0.175. The number of nitrogens with one attached hydrogen (secondary N) is 1. The first-order valence-electron chi connectivity index (χ1n) is 5.91. The molecule has 0 atom stereocenters. The highest BCUT2D eigenvalue weighted by Gasteiger charge is 2.22. The van der Waals surface area contributed by atoms with E-state index in [-0.39, 0.29) is 5.91 Å². The monoisotopic (exact) mass is 433 g/mol. The largest absolute Gasteiger partial charge is 0.493 e. The van der Waals surface area contributed by atoms with Crippen LogP contribution >= 0.6 is 46.6 Å². The average Bonchev–Trinajstić information content (AvgIpc) is 2.75. The highest BCUT2D eigenvalue weighted by Crippen LogP contribution is 2.35. The molecular formula is C14H12INO3S2. The molecule has 1 aliphatic rings. The first-order chi connectivity index (χ1) is 10.0. The fourth-order valence-corrected chi connectivity index (χ4v) is 3.50. The van der Waals surface area contributed by atoms with Crippen molar-refractivity contribution in [2.75, 3.05) is 13.7 Å². The molecule has 1 aliphatic heterocycles. The third-order valence-corrected chi connectivity index (χ3v) is 4.50. The minimum Gasteiger partial charge on any atom is -0.493 e. The highest BCUT2D eigenvalue weighted by atomic mass is 127. The van der Waals surface area contributed by atoms with Crippen molar-refractivity contribution in [1.29, 1.82) is 0 Å². The summed E-state index contributed by atoms with van der Waals surface area (Å²) in [5.41, 5.74) is 0.851. The standard InChI is InChI=1S/C14H12INO3S2/c1-3-4-19-12-9(15)5-8(6-10(12)18-2)7-11-13(17)16-14(20)21-11/h3,5-7H,1,4H2,2H3,(H,16,17,20). The van der Waals surface area contributed by atoms with Gasteiger partial charge < -0.3 is 14.8 Å². The fourth-order valence-electron chi connectivity index (χ4n) is 1.68. The predicted molar refractivity (Wildman–Crippen MR) is 97.7 cm³/mol. The van der Waals surface area contributed by atoms with Gasteiger partial charge in [-0.2, -0.15) is 0 Å². The van der Waals surface area contributed by atoms with Gasteiger partial charge in [-0.3, -0.25) is 4.79 Å². The summed E-state index contributed by atoms with van der Waals surface area (Å²) in [5.74, 6) is 1.10. The van der Waals surface area contributed by atoms with Crippen LogP contribution in [0.25, 0.3) is 6.08 Å². The normalized spacial score (nSPS) is 16.0. The van der Waals surface area contributed by atoms with E-state index in [1.807, 2.05) is 12.1 Å². The van der Waals surface area contributed by atoms with Crippen LogP contribution in [0.1, 0.15) is 5.56 Å². The van der Waals surface area contributed by atoms with E-state index >= 15 is 0 Å². The van der Waals surface area contributed by atoms with Crippen molar-refractivity contribution in [1.82, 2.24) is 5.32 Å². The third kappa shape index (κ3) is 3.98. The lowest BCUT2D eigenvalue weighted by Gasteiger charge is -2.12. The Bertz CT molecular complexity index is 643. The van der Waals surface area contributed by atoms with Crippen molar-refractivity contribution in [2.45, 2.75) is 0 Å². The van der Waals surface area contributed by atoms with Gasteiger partial charge in [0.25, 0.3) is 5.91 Å². The zero-order valence-corrected chi connectivity index (χ0v) is 14.9. The maximum absolute atomic E-state index is 11.7. The zero-order chi connectivity index (χ0) is 15.4. The summed E-state index contributed by atoms with van der Waals surface area (Å²) in [6.07, 6.45) is 3.45. The SMILES string of the molecule is C=CCOc1c(I)cc(C=C2SC(=S)NC2=O)cc1OC. The molecule has 0 radical (unpaired) electrons. The summed E-state index contributed by atoms with van der Waals surface area (Å²) in [4.78, 5) is 12.2. The second kappa shape index (κ2) is 7.28. The Morgan fingerprint density at radius 3 is 2.86 bits per heavy atom. The molecule has 1 heterocycles. The van der Waals surface area contributed by atoms with Gasteiger partial charge in [-0.05, 0) is 46.4 Å². The number of carbonyl (C=O) groups excluding carboxylic acids is 1. The minimum atomic E-state index is -0.175. The van der Waals surface area contributed by atoms with Crippen LogP contribution in [0.2, 0.25) is 0 Å². The molecule has 110 valence electrons. The van der Waals surface area contributed by atoms with Crippen molar-refractivity contribution in [2.24, 2.45) is 0 Å². The number of thiocarbonyl (C=S) groups is 1. The van der Waals surface area contributed by atoms with Crippen LogP contribution in [0, 0.1) is 3.57 Å². The summed E-state index contributed by atoms with van der Waals surface area (Å²) in [7, 11) is 1.58. The Kier molecular flexibility index (Phi) is 5.65. The smallest absolute Gasteiger partial charge is 0.263 e. The van der Waals surface area contributed by atoms with Crippen LogP contribution in [0.4, 0.5) is 0 Å². The van der Waals surface area contributed by atoms with Gasteiger partial charge in [0.2, 0.25) is 0 Å². The summed E-state index contributed by atoms with van der Waals surface area (Å²) in [5, 5.41) is 2.59. The van der Waals surface area contributed by atoms with Gasteiger partial charge in [0.1, 0.15) is 10.9 Å². The lowest BCUT2D eigenvalue weighted by atomic mass is 10.2. The van der Waals surface area contributed by atoms with E-state index in [2.05, 4.69) is 34.5 Å². The van der Waals surface area contributed by atoms with Gasteiger partial charge in [0, 0.05) is 0 Å². The fraction of sp³-hybridized carbons (Fsp3) is 0.143. The number of methoxy groups -OCH3 is 1. The van der Waals surface area contributed by atoms with Crippen LogP contribution in [0.15, 0.2) is 29.7 Å². The molecule has 4 nitrogen and oxygen atoms in total. The number of benzene rings is 1. The van der Waals surface area contributed by atoms with Crippen molar-refractivity contribution < 1.29 is 14.3 Å². The number of carbonyl (C=O) groups is 1. The van der Waals surface area contributed by atoms with Crippen LogP contribution < -0.4 is 14.8 Å². The molecule has 1 aromatic rings. The van der Waals surface area contributed by atoms with Crippen molar-refractivity contribution >= 4 is 62.9 Å². The summed E-state index contributed by atoms with van der Waals surface area (Å²) in [6.45, 7) is 4.03. The number of thioether (sulfide) groups is 1. The number of hydrogen-bond donors (Lipinski definition) is 1. The van der Waals surface area contributed by atoms with Crippen molar-refractivity contribution in [3.05, 3.63) is 38.8 Å². The van der Waals surface area contributed by atoms with Gasteiger partial charge in [-0.15, -0.1) is 0 Å². The molecule has 0 bridgehead atoms. The number of ether oxygens (including phenoxy) is 2. The quantitative estimate of drug-likeness (QED) is 0.334. The molecule has 1 fully saturated rings. The molecule has 0 unspecified atom stereocenters. The van der Waals surface area contributed by atoms with E-state index in [1.54, 1.807) is 19.3 Å². The Morgan fingerprint density at radius 1 is 1.52 bits per heavy atom. The van der Waals surface area contributed by atoms with Crippen LogP contribution in [0.5, 0.6) is 11.5 Å². The second-order valence-corrected chi connectivity index (χ2v) is 6.87. The molecule has 21 heavy (non-hydrogen) atoms. The Morgan fingerprint density at radius 2 is 2.29 bits per heavy atom. The predicted octanol–water partition coefficient (Wildman–Crippen LogP) is 3.35. The van der Waals surface area contributed by atoms with E-state index in [0.717, 1.165) is 9.13 Å². The lowest BCUT2D eigenvalue weighted by molar-refractivity contribution is -0.115. The summed E-state index contributed by atoms with van der Waals surface area (Å²) >= 11 is 8.39. The van der Waals surface area contributed by atoms with E-state index in [0.29, 0.717) is 27.3 Å². The summed E-state index contributed by atoms with van der Waals surface area (Å²) in [6, 6.07) is 3.74. The molecule has 0 spiro atoms. The topological polar surface area (TPSA) is 47.6 Å². The Hall–Kier alpha value is -1.06. The molecular weight excluding hydrogens is 421 g/mol. The first kappa shape index (κ1) is 16.3. The van der Waals surface area contributed by atoms with E-state index in [4.69, 9.17) is 21.7 Å². The van der Waals surface area contributed by atoms with Crippen LogP contribution in [-0.4, -0.2) is 23.9 Å². The number of amides is 1. The molecule has 7 heteroatoms. The molecule has 2 rings (SSSR count). The number of rotatable bonds is 5. The molecule has 0 aromatic heterocycles. The van der Waals surface area contributed by atoms with Crippen LogP contribution in [0.3, 0.4) is 0 Å². The molecule has 0 saturated carbocycles. The molecule has 0 aliphatic carbocycles. The summed E-state index contributed by atoms with van der Waals surface area (Å²) < 4.78 is 12.3. The van der Waals surface area contributed by atoms with E-state index in [1.165, 1.54) is 11.8 Å². The van der Waals surface area contributed by atoms with Gasteiger partial charge in [-0.1, -0.05) is 36.6 Å². The molecule has 1 N–H and O–H groups in total. The van der Waals surface area contributed by atoms with E-state index in [9.17, 15) is 4.79 Å². The number of hydrogen-bond acceptors (Lipinski definition) is 5. The third-order valence-electron chi connectivity index (χ3n) is 2.54. The molecule has 1 saturated heterocycles. The van der Waals surface area contributed by atoms with Gasteiger partial charge in [-0.25, -0.2) is 0 Å². The second-order valence-electron chi connectivity index (χ2n) is 3.99. The maximum atomic E-state index is 11.7. The number of halogens is 1. The lowest BCUT2D eigenvalue weighted by Crippen LogP contribution is -2.17. The van der Waals surface area contributed by atoms with E-state index < -0.39 is 0 Å². The maximum Gasteiger partial charge on any atom is 0.263 e. The van der Waals surface area contributed by atoms with Crippen molar-refractivity contribution in [3.63, 3.8) is 0 Å². The van der Waals surface area contributed by atoms with Gasteiger partial charge in [0.15, 0.2) is 11.5 Å². The Labute approximate surface area is 146 Å². The highest BCUT2D eigenvalue weighted by molar-refractivity contribution is 14.1. The van der Waals surface area contributed by atoms with Gasteiger partial charge in [0.05, 0.1) is 15.6 Å². The van der Waals surface area contributed by atoms with Crippen molar-refractivity contribution in [3.8, 4) is 11.5 Å². The average molecular weight is 433 g/mol. The molecule has 1 aromatic carbocycles. The molecule has 1 amide bonds. The zero-order valence-electron chi connectivity index (χ0n) is 11.1. The Balaban J connectivity index is 2.36.